The molecule has 0 atom stereocenters. The molecule has 0 bridgehead atoms. The summed E-state index contributed by atoms with van der Waals surface area (Å²) in [6, 6.07) is 3.47. The summed E-state index contributed by atoms with van der Waals surface area (Å²) in [6.45, 7) is 0.295. The highest BCUT2D eigenvalue weighted by Gasteiger charge is 2.28. The Bertz CT molecular complexity index is 726. The molecule has 1 aliphatic rings. The van der Waals surface area contributed by atoms with E-state index in [4.69, 9.17) is 5.11 Å². The van der Waals surface area contributed by atoms with Crippen molar-refractivity contribution >= 4 is 27.4 Å². The van der Waals surface area contributed by atoms with Crippen molar-refractivity contribution in [3.63, 3.8) is 0 Å². The first kappa shape index (κ1) is 18.1. The van der Waals surface area contributed by atoms with Crippen LogP contribution in [-0.4, -0.2) is 48.4 Å². The summed E-state index contributed by atoms with van der Waals surface area (Å²) in [5, 5.41) is 22.2. The van der Waals surface area contributed by atoms with Crippen LogP contribution in [0.3, 0.4) is 0 Å². The molecule has 0 unspecified atom stereocenters. The second-order valence-electron chi connectivity index (χ2n) is 5.50. The lowest BCUT2D eigenvalue weighted by molar-refractivity contribution is -0.384. The minimum absolute atomic E-state index is 0.0304. The van der Waals surface area contributed by atoms with Gasteiger partial charge in [0.05, 0.1) is 9.82 Å². The quantitative estimate of drug-likeness (QED) is 0.585. The van der Waals surface area contributed by atoms with Gasteiger partial charge in [0.25, 0.3) is 5.69 Å². The highest BCUT2D eigenvalue weighted by Crippen LogP contribution is 2.29. The van der Waals surface area contributed by atoms with E-state index in [0.29, 0.717) is 13.1 Å². The van der Waals surface area contributed by atoms with Gasteiger partial charge in [-0.15, -0.1) is 0 Å². The smallest absolute Gasteiger partial charge is 0.322 e. The van der Waals surface area contributed by atoms with Crippen LogP contribution >= 0.6 is 0 Å². The van der Waals surface area contributed by atoms with E-state index in [0.717, 1.165) is 31.7 Å². The summed E-state index contributed by atoms with van der Waals surface area (Å²) in [6.07, 6.45) is 3.45. The Kier molecular flexibility index (Phi) is 5.73. The van der Waals surface area contributed by atoms with Crippen molar-refractivity contribution in [3.8, 4) is 0 Å². The van der Waals surface area contributed by atoms with E-state index >= 15 is 0 Å². The van der Waals surface area contributed by atoms with E-state index in [-0.39, 0.29) is 10.6 Å². The fourth-order valence-corrected chi connectivity index (χ4v) is 4.11. The van der Waals surface area contributed by atoms with E-state index in [1.807, 2.05) is 0 Å². The van der Waals surface area contributed by atoms with Gasteiger partial charge in [-0.05, 0) is 25.0 Å². The molecule has 1 fully saturated rings. The Balaban J connectivity index is 2.34. The molecule has 9 nitrogen and oxygen atoms in total. The van der Waals surface area contributed by atoms with Crippen molar-refractivity contribution in [1.82, 2.24) is 4.31 Å². The molecule has 1 aliphatic heterocycles. The number of carboxylic acid groups (broad SMARTS) is 1. The van der Waals surface area contributed by atoms with Crippen molar-refractivity contribution in [2.75, 3.05) is 25.0 Å². The number of hydrogen-bond donors (Lipinski definition) is 2. The van der Waals surface area contributed by atoms with Gasteiger partial charge in [0.15, 0.2) is 0 Å². The van der Waals surface area contributed by atoms with Gasteiger partial charge in [-0.2, -0.15) is 4.31 Å². The van der Waals surface area contributed by atoms with Gasteiger partial charge in [-0.25, -0.2) is 8.42 Å². The number of nitro benzene ring substituents is 1. The van der Waals surface area contributed by atoms with E-state index in [1.165, 1.54) is 16.4 Å². The molecule has 1 saturated heterocycles. The average molecular weight is 357 g/mol. The van der Waals surface area contributed by atoms with Crippen molar-refractivity contribution in [2.45, 2.75) is 30.6 Å². The molecule has 2 rings (SSSR count). The number of nitrogens with zero attached hydrogens (tertiary/aromatic N) is 2. The van der Waals surface area contributed by atoms with Crippen LogP contribution in [0.5, 0.6) is 0 Å². The van der Waals surface area contributed by atoms with Gasteiger partial charge in [0, 0.05) is 19.2 Å². The van der Waals surface area contributed by atoms with Gasteiger partial charge < -0.3 is 10.4 Å². The average Bonchev–Trinajstić information content (AvgIpc) is 2.82. The van der Waals surface area contributed by atoms with E-state index in [2.05, 4.69) is 5.32 Å². The first-order valence-electron chi connectivity index (χ1n) is 7.56. The Morgan fingerprint density at radius 1 is 1.25 bits per heavy atom. The Morgan fingerprint density at radius 3 is 2.42 bits per heavy atom. The van der Waals surface area contributed by atoms with Gasteiger partial charge in [0.2, 0.25) is 10.0 Å². The molecule has 1 aromatic rings. The summed E-state index contributed by atoms with van der Waals surface area (Å²) in [4.78, 5) is 20.9. The van der Waals surface area contributed by atoms with Gasteiger partial charge in [0.1, 0.15) is 12.2 Å². The summed E-state index contributed by atoms with van der Waals surface area (Å²) in [7, 11) is -3.80. The maximum absolute atomic E-state index is 12.7. The first-order valence-corrected chi connectivity index (χ1v) is 9.00. The fraction of sp³-hybridized carbons (Fsp3) is 0.500. The number of rotatable bonds is 6. The molecule has 0 aromatic heterocycles. The first-order chi connectivity index (χ1) is 11.3. The second-order valence-corrected chi connectivity index (χ2v) is 7.44. The van der Waals surface area contributed by atoms with Gasteiger partial charge in [-0.3, -0.25) is 14.9 Å². The van der Waals surface area contributed by atoms with Gasteiger partial charge in [-0.1, -0.05) is 12.8 Å². The summed E-state index contributed by atoms with van der Waals surface area (Å²) >= 11 is 0. The van der Waals surface area contributed by atoms with E-state index in [1.54, 1.807) is 0 Å². The number of carbonyl (C=O) groups is 1. The number of anilines is 1. The zero-order valence-electron chi connectivity index (χ0n) is 13.0. The molecular weight excluding hydrogens is 338 g/mol. The third-order valence-corrected chi connectivity index (χ3v) is 5.69. The van der Waals surface area contributed by atoms with Gasteiger partial charge >= 0.3 is 5.97 Å². The Labute approximate surface area is 139 Å². The predicted octanol–water partition coefficient (Wildman–Crippen LogP) is 1.66. The third kappa shape index (κ3) is 4.20. The van der Waals surface area contributed by atoms with E-state index in [9.17, 15) is 23.3 Å². The number of nitro groups is 1. The van der Waals surface area contributed by atoms with Crippen molar-refractivity contribution in [2.24, 2.45) is 0 Å². The largest absolute Gasteiger partial charge is 0.480 e. The maximum Gasteiger partial charge on any atom is 0.322 e. The number of sulfonamides is 1. The minimum atomic E-state index is -3.80. The number of benzene rings is 1. The molecule has 0 radical (unpaired) electrons. The second kappa shape index (κ2) is 7.58. The maximum atomic E-state index is 12.7. The van der Waals surface area contributed by atoms with Crippen LogP contribution in [0.1, 0.15) is 25.7 Å². The monoisotopic (exact) mass is 357 g/mol. The Morgan fingerprint density at radius 2 is 1.88 bits per heavy atom. The Hall–Kier alpha value is -2.20. The molecule has 0 spiro atoms. The molecule has 24 heavy (non-hydrogen) atoms. The molecule has 0 saturated carbocycles. The van der Waals surface area contributed by atoms with Crippen molar-refractivity contribution in [1.29, 1.82) is 0 Å². The minimum Gasteiger partial charge on any atom is -0.480 e. The molecule has 0 aliphatic carbocycles. The summed E-state index contributed by atoms with van der Waals surface area (Å²) in [5.41, 5.74) is -0.496. The zero-order valence-corrected chi connectivity index (χ0v) is 13.8. The van der Waals surface area contributed by atoms with Crippen LogP contribution in [0.2, 0.25) is 0 Å². The lowest BCUT2D eigenvalue weighted by atomic mass is 10.2. The highest BCUT2D eigenvalue weighted by atomic mass is 32.2. The number of carboxylic acids is 1. The molecule has 2 N–H and O–H groups in total. The topological polar surface area (TPSA) is 130 Å². The number of hydrogen-bond acceptors (Lipinski definition) is 6. The van der Waals surface area contributed by atoms with Crippen LogP contribution < -0.4 is 5.32 Å². The predicted molar refractivity (Wildman–Crippen MR) is 86.4 cm³/mol. The fourth-order valence-electron chi connectivity index (χ4n) is 2.57. The molecular formula is C14H19N3O6S. The van der Waals surface area contributed by atoms with Crippen molar-refractivity contribution in [3.05, 3.63) is 28.3 Å². The molecule has 10 heteroatoms. The van der Waals surface area contributed by atoms with Crippen LogP contribution in [0.15, 0.2) is 23.1 Å². The van der Waals surface area contributed by atoms with Crippen LogP contribution in [0, 0.1) is 10.1 Å². The lowest BCUT2D eigenvalue weighted by Gasteiger charge is -2.20. The summed E-state index contributed by atoms with van der Waals surface area (Å²) in [5.74, 6) is -1.18. The molecule has 132 valence electrons. The van der Waals surface area contributed by atoms with E-state index < -0.39 is 33.1 Å². The molecule has 1 aromatic carbocycles. The van der Waals surface area contributed by atoms with Crippen molar-refractivity contribution < 1.29 is 23.2 Å². The third-order valence-electron chi connectivity index (χ3n) is 3.80. The standard InChI is InChI=1S/C14H19N3O6S/c18-14(19)10-15-12-6-5-11(9-13(12)17(20)21)24(22,23)16-7-3-1-2-4-8-16/h5-6,9,15H,1-4,7-8,10H2,(H,18,19). The zero-order chi connectivity index (χ0) is 17.7. The number of nitrogens with one attached hydrogen (secondary N) is 1. The molecule has 1 heterocycles. The highest BCUT2D eigenvalue weighted by molar-refractivity contribution is 7.89. The lowest BCUT2D eigenvalue weighted by Crippen LogP contribution is -2.32. The summed E-state index contributed by atoms with van der Waals surface area (Å²) < 4.78 is 26.7. The van der Waals surface area contributed by atoms with Crippen LogP contribution in [0.25, 0.3) is 0 Å². The normalized spacial score (nSPS) is 16.3. The molecule has 0 amide bonds. The van der Waals surface area contributed by atoms with Crippen LogP contribution in [-0.2, 0) is 14.8 Å². The van der Waals surface area contributed by atoms with Crippen LogP contribution in [0.4, 0.5) is 11.4 Å². The SMILES string of the molecule is O=C(O)CNc1ccc(S(=O)(=O)N2CCCCCC2)cc1[N+](=O)[O-]. The number of aliphatic carboxylic acids is 1.